The van der Waals surface area contributed by atoms with E-state index in [2.05, 4.69) is 10.3 Å². The maximum atomic E-state index is 13.0. The van der Waals surface area contributed by atoms with Crippen LogP contribution in [0.5, 0.6) is 0 Å². The third-order valence-electron chi connectivity index (χ3n) is 4.39. The predicted molar refractivity (Wildman–Crippen MR) is 105 cm³/mol. The molecule has 0 aliphatic rings. The molecule has 1 heterocycles. The second-order valence-corrected chi connectivity index (χ2v) is 7.38. The molecule has 0 radical (unpaired) electrons. The van der Waals surface area contributed by atoms with Gasteiger partial charge in [-0.15, -0.1) is 11.3 Å². The second-order valence-electron chi connectivity index (χ2n) is 6.52. The Bertz CT molecular complexity index is 1180. The molecule has 0 saturated carbocycles. The third kappa shape index (κ3) is 4.25. The zero-order valence-electron chi connectivity index (χ0n) is 15.0. The van der Waals surface area contributed by atoms with Gasteiger partial charge >= 0.3 is 12.4 Å². The van der Waals surface area contributed by atoms with Crippen molar-refractivity contribution in [3.63, 3.8) is 0 Å². The van der Waals surface area contributed by atoms with Crippen molar-refractivity contribution in [2.24, 2.45) is 0 Å². The van der Waals surface area contributed by atoms with Gasteiger partial charge in [0.05, 0.1) is 16.8 Å². The molecule has 9 heteroatoms. The molecule has 0 fully saturated rings. The summed E-state index contributed by atoms with van der Waals surface area (Å²) in [6.07, 6.45) is -9.81. The Kier molecular flexibility index (Phi) is 4.93. The van der Waals surface area contributed by atoms with Crippen molar-refractivity contribution < 1.29 is 26.3 Å². The third-order valence-corrected chi connectivity index (χ3v) is 5.15. The van der Waals surface area contributed by atoms with Crippen molar-refractivity contribution in [3.8, 4) is 11.3 Å². The number of alkyl halides is 6. The van der Waals surface area contributed by atoms with Crippen LogP contribution in [0.1, 0.15) is 11.1 Å². The molecule has 1 aromatic heterocycles. The van der Waals surface area contributed by atoms with Gasteiger partial charge in [0, 0.05) is 16.6 Å². The SMILES string of the molecule is FC(F)(F)c1cc(Nc2nc(-c3ccc4ccccc4c3)cs2)cc(C(F)(F)F)c1. The van der Waals surface area contributed by atoms with Crippen LogP contribution in [0.25, 0.3) is 22.0 Å². The van der Waals surface area contributed by atoms with Crippen LogP contribution in [0.15, 0.2) is 66.0 Å². The Morgan fingerprint density at radius 1 is 0.733 bits per heavy atom. The molecule has 0 saturated heterocycles. The number of fused-ring (bicyclic) bond motifs is 1. The van der Waals surface area contributed by atoms with E-state index in [-0.39, 0.29) is 16.9 Å². The molecule has 0 unspecified atom stereocenters. The average Bonchev–Trinajstić information content (AvgIpc) is 3.14. The van der Waals surface area contributed by atoms with E-state index < -0.39 is 23.5 Å². The van der Waals surface area contributed by atoms with E-state index in [1.165, 1.54) is 0 Å². The lowest BCUT2D eigenvalue weighted by atomic mass is 10.1. The van der Waals surface area contributed by atoms with E-state index in [0.717, 1.165) is 27.7 Å². The first kappa shape index (κ1) is 20.2. The summed E-state index contributed by atoms with van der Waals surface area (Å²) in [7, 11) is 0. The number of aromatic nitrogens is 1. The van der Waals surface area contributed by atoms with Crippen LogP contribution < -0.4 is 5.32 Å². The van der Waals surface area contributed by atoms with Gasteiger partial charge < -0.3 is 5.32 Å². The fourth-order valence-corrected chi connectivity index (χ4v) is 3.70. The summed E-state index contributed by atoms with van der Waals surface area (Å²) in [6, 6.07) is 14.7. The smallest absolute Gasteiger partial charge is 0.332 e. The molecule has 0 atom stereocenters. The van der Waals surface area contributed by atoms with Gasteiger partial charge in [-0.25, -0.2) is 4.98 Å². The fourth-order valence-electron chi connectivity index (χ4n) is 2.96. The summed E-state index contributed by atoms with van der Waals surface area (Å²) in [5.74, 6) is 0. The van der Waals surface area contributed by atoms with E-state index in [1.807, 2.05) is 42.5 Å². The van der Waals surface area contributed by atoms with Gasteiger partial charge in [0.1, 0.15) is 0 Å². The van der Waals surface area contributed by atoms with E-state index in [0.29, 0.717) is 17.8 Å². The van der Waals surface area contributed by atoms with Crippen molar-refractivity contribution in [3.05, 3.63) is 77.2 Å². The first-order chi connectivity index (χ1) is 14.1. The summed E-state index contributed by atoms with van der Waals surface area (Å²) in [5.41, 5.74) is -1.75. The van der Waals surface area contributed by atoms with Gasteiger partial charge in [-0.3, -0.25) is 0 Å². The molecule has 2 nitrogen and oxygen atoms in total. The molecular formula is C21H12F6N2S. The van der Waals surface area contributed by atoms with E-state index in [1.54, 1.807) is 5.38 Å². The highest BCUT2D eigenvalue weighted by Gasteiger charge is 2.37. The van der Waals surface area contributed by atoms with Crippen LogP contribution in [0.3, 0.4) is 0 Å². The molecule has 3 aromatic carbocycles. The Morgan fingerprint density at radius 2 is 1.37 bits per heavy atom. The summed E-state index contributed by atoms with van der Waals surface area (Å²) in [4.78, 5) is 4.31. The summed E-state index contributed by atoms with van der Waals surface area (Å²) >= 11 is 1.09. The van der Waals surface area contributed by atoms with Crippen molar-refractivity contribution in [2.75, 3.05) is 5.32 Å². The lowest BCUT2D eigenvalue weighted by molar-refractivity contribution is -0.143. The highest BCUT2D eigenvalue weighted by Crippen LogP contribution is 2.38. The topological polar surface area (TPSA) is 24.9 Å². The van der Waals surface area contributed by atoms with Crippen molar-refractivity contribution >= 4 is 32.9 Å². The largest absolute Gasteiger partial charge is 0.416 e. The van der Waals surface area contributed by atoms with E-state index >= 15 is 0 Å². The quantitative estimate of drug-likeness (QED) is 0.331. The molecule has 0 aliphatic carbocycles. The van der Waals surface area contributed by atoms with Gasteiger partial charge in [0.2, 0.25) is 0 Å². The number of rotatable bonds is 3. The Morgan fingerprint density at radius 3 is 2.00 bits per heavy atom. The lowest BCUT2D eigenvalue weighted by Crippen LogP contribution is -2.11. The Hall–Kier alpha value is -3.07. The molecule has 0 aliphatic heterocycles. The first-order valence-corrected chi connectivity index (χ1v) is 9.49. The highest BCUT2D eigenvalue weighted by atomic mass is 32.1. The maximum absolute atomic E-state index is 13.0. The molecule has 0 bridgehead atoms. The molecule has 30 heavy (non-hydrogen) atoms. The van der Waals surface area contributed by atoms with Crippen molar-refractivity contribution in [1.82, 2.24) is 4.98 Å². The van der Waals surface area contributed by atoms with Gasteiger partial charge in [-0.2, -0.15) is 26.3 Å². The summed E-state index contributed by atoms with van der Waals surface area (Å²) in [6.45, 7) is 0. The average molecular weight is 438 g/mol. The van der Waals surface area contributed by atoms with Gasteiger partial charge in [-0.05, 0) is 35.0 Å². The van der Waals surface area contributed by atoms with Crippen molar-refractivity contribution in [2.45, 2.75) is 12.4 Å². The number of nitrogens with one attached hydrogen (secondary N) is 1. The fraction of sp³-hybridized carbons (Fsp3) is 0.0952. The number of halogens is 6. The number of hydrogen-bond donors (Lipinski definition) is 1. The molecule has 0 spiro atoms. The van der Waals surface area contributed by atoms with E-state index in [9.17, 15) is 26.3 Å². The van der Waals surface area contributed by atoms with Crippen LogP contribution in [0.4, 0.5) is 37.2 Å². The lowest BCUT2D eigenvalue weighted by Gasteiger charge is -2.14. The summed E-state index contributed by atoms with van der Waals surface area (Å²) < 4.78 is 78.1. The Balaban J connectivity index is 1.66. The van der Waals surface area contributed by atoms with Crippen LogP contribution in [-0.2, 0) is 12.4 Å². The minimum Gasteiger partial charge on any atom is -0.332 e. The van der Waals surface area contributed by atoms with Crippen molar-refractivity contribution in [1.29, 1.82) is 0 Å². The molecule has 154 valence electrons. The second kappa shape index (κ2) is 7.32. The summed E-state index contributed by atoms with van der Waals surface area (Å²) in [5, 5.41) is 6.47. The molecule has 4 aromatic rings. The standard InChI is InChI=1S/C21H12F6N2S/c22-20(23,24)15-8-16(21(25,26)27)10-17(9-15)28-19-29-18(11-30-19)14-6-5-12-3-1-2-4-13(12)7-14/h1-11H,(H,28,29). The Labute approximate surface area is 170 Å². The van der Waals surface area contributed by atoms with Gasteiger partial charge in [-0.1, -0.05) is 36.4 Å². The highest BCUT2D eigenvalue weighted by molar-refractivity contribution is 7.14. The van der Waals surface area contributed by atoms with Crippen LogP contribution in [0.2, 0.25) is 0 Å². The molecular weight excluding hydrogens is 426 g/mol. The monoisotopic (exact) mass is 438 g/mol. The van der Waals surface area contributed by atoms with E-state index in [4.69, 9.17) is 0 Å². The first-order valence-electron chi connectivity index (χ1n) is 8.61. The number of anilines is 2. The molecule has 4 rings (SSSR count). The number of hydrogen-bond acceptors (Lipinski definition) is 3. The predicted octanol–water partition coefficient (Wildman–Crippen LogP) is 7.74. The van der Waals surface area contributed by atoms with Crippen LogP contribution >= 0.6 is 11.3 Å². The number of nitrogens with zero attached hydrogens (tertiary/aromatic N) is 1. The number of benzene rings is 3. The normalized spacial score (nSPS) is 12.3. The van der Waals surface area contributed by atoms with Gasteiger partial charge in [0.25, 0.3) is 0 Å². The molecule has 0 amide bonds. The minimum absolute atomic E-state index is 0.0908. The maximum Gasteiger partial charge on any atom is 0.416 e. The minimum atomic E-state index is -4.91. The van der Waals surface area contributed by atoms with Crippen LogP contribution in [-0.4, -0.2) is 4.98 Å². The zero-order valence-corrected chi connectivity index (χ0v) is 15.8. The zero-order chi connectivity index (χ0) is 21.5. The number of thiazole rings is 1. The van der Waals surface area contributed by atoms with Crippen LogP contribution in [0, 0.1) is 0 Å². The molecule has 1 N–H and O–H groups in total. The van der Waals surface area contributed by atoms with Gasteiger partial charge in [0.15, 0.2) is 5.13 Å².